The van der Waals surface area contributed by atoms with Crippen LogP contribution in [0.2, 0.25) is 0 Å². The van der Waals surface area contributed by atoms with Crippen LogP contribution in [0.5, 0.6) is 0 Å². The van der Waals surface area contributed by atoms with Crippen molar-refractivity contribution in [2.45, 2.75) is 37.8 Å². The van der Waals surface area contributed by atoms with Crippen LogP contribution >= 0.6 is 0 Å². The van der Waals surface area contributed by atoms with Gasteiger partial charge in [-0.25, -0.2) is 0 Å². The van der Waals surface area contributed by atoms with Gasteiger partial charge < -0.3 is 21.1 Å². The number of carbonyl (C=O) groups is 2. The number of rotatable bonds is 6. The molecule has 2 amide bonds. The van der Waals surface area contributed by atoms with Gasteiger partial charge in [0, 0.05) is 13.7 Å². The molecule has 1 unspecified atom stereocenters. The maximum absolute atomic E-state index is 11.8. The van der Waals surface area contributed by atoms with Crippen molar-refractivity contribution in [2.75, 3.05) is 20.3 Å². The molecule has 1 aliphatic carbocycles. The van der Waals surface area contributed by atoms with Gasteiger partial charge in [0.1, 0.15) is 6.04 Å². The fourth-order valence-electron chi connectivity index (χ4n) is 1.62. The zero-order valence-electron chi connectivity index (χ0n) is 10.4. The van der Waals surface area contributed by atoms with E-state index in [0.29, 0.717) is 26.0 Å². The summed E-state index contributed by atoms with van der Waals surface area (Å²) in [5, 5.41) is 5.29. The molecule has 0 aromatic carbocycles. The summed E-state index contributed by atoms with van der Waals surface area (Å²) in [6.45, 7) is 2.53. The Morgan fingerprint density at radius 2 is 2.12 bits per heavy atom. The average Bonchev–Trinajstić information content (AvgIpc) is 2.25. The standard InChI is InChI=1S/C11H21N3O3/c1-8(9(15)13-6-7-17-2)14-10(16)11(12)4-3-5-11/h8H,3-7,12H2,1-2H3,(H,13,15)(H,14,16). The number of methoxy groups -OCH3 is 1. The van der Waals surface area contributed by atoms with Crippen LogP contribution in [0.1, 0.15) is 26.2 Å². The molecule has 1 aliphatic rings. The third kappa shape index (κ3) is 3.67. The zero-order valence-corrected chi connectivity index (χ0v) is 10.4. The molecule has 0 aromatic heterocycles. The Morgan fingerprint density at radius 3 is 2.59 bits per heavy atom. The monoisotopic (exact) mass is 243 g/mol. The Balaban J connectivity index is 2.30. The lowest BCUT2D eigenvalue weighted by Crippen LogP contribution is -2.61. The van der Waals surface area contributed by atoms with E-state index in [0.717, 1.165) is 6.42 Å². The number of carbonyl (C=O) groups excluding carboxylic acids is 2. The quantitative estimate of drug-likeness (QED) is 0.529. The molecule has 0 spiro atoms. The van der Waals surface area contributed by atoms with E-state index in [9.17, 15) is 9.59 Å². The predicted octanol–water partition coefficient (Wildman–Crippen LogP) is -0.865. The van der Waals surface area contributed by atoms with E-state index in [1.54, 1.807) is 14.0 Å². The van der Waals surface area contributed by atoms with E-state index in [2.05, 4.69) is 10.6 Å². The van der Waals surface area contributed by atoms with Gasteiger partial charge in [-0.2, -0.15) is 0 Å². The van der Waals surface area contributed by atoms with Crippen molar-refractivity contribution < 1.29 is 14.3 Å². The summed E-state index contributed by atoms with van der Waals surface area (Å²) in [6.07, 6.45) is 2.35. The summed E-state index contributed by atoms with van der Waals surface area (Å²) < 4.78 is 4.81. The van der Waals surface area contributed by atoms with Crippen LogP contribution in [0.15, 0.2) is 0 Å². The number of nitrogens with two attached hydrogens (primary N) is 1. The predicted molar refractivity (Wildman–Crippen MR) is 63.3 cm³/mol. The first kappa shape index (κ1) is 13.9. The Kier molecular flexibility index (Phi) is 4.89. The van der Waals surface area contributed by atoms with Gasteiger partial charge in [-0.3, -0.25) is 9.59 Å². The topological polar surface area (TPSA) is 93.5 Å². The largest absolute Gasteiger partial charge is 0.383 e. The molecule has 0 heterocycles. The first-order valence-electron chi connectivity index (χ1n) is 5.86. The minimum absolute atomic E-state index is 0.224. The van der Waals surface area contributed by atoms with Crippen molar-refractivity contribution in [2.24, 2.45) is 5.73 Å². The van der Waals surface area contributed by atoms with Crippen molar-refractivity contribution >= 4 is 11.8 Å². The van der Waals surface area contributed by atoms with Crippen molar-refractivity contribution in [3.63, 3.8) is 0 Å². The molecule has 98 valence electrons. The highest BCUT2D eigenvalue weighted by atomic mass is 16.5. The third-order valence-electron chi connectivity index (χ3n) is 3.04. The molecule has 1 rings (SSSR count). The van der Waals surface area contributed by atoms with E-state index in [1.165, 1.54) is 0 Å². The zero-order chi connectivity index (χ0) is 12.9. The molecule has 0 radical (unpaired) electrons. The van der Waals surface area contributed by atoms with E-state index >= 15 is 0 Å². The molecule has 4 N–H and O–H groups in total. The first-order valence-corrected chi connectivity index (χ1v) is 5.86. The fourth-order valence-corrected chi connectivity index (χ4v) is 1.62. The second-order valence-electron chi connectivity index (χ2n) is 4.49. The first-order chi connectivity index (χ1) is 7.99. The summed E-state index contributed by atoms with van der Waals surface area (Å²) >= 11 is 0. The molecular weight excluding hydrogens is 222 g/mol. The third-order valence-corrected chi connectivity index (χ3v) is 3.04. The summed E-state index contributed by atoms with van der Waals surface area (Å²) in [5.74, 6) is -0.462. The number of ether oxygens (including phenoxy) is 1. The normalized spacial score (nSPS) is 19.0. The molecule has 0 aromatic rings. The lowest BCUT2D eigenvalue weighted by Gasteiger charge is -2.36. The van der Waals surface area contributed by atoms with Crippen LogP contribution < -0.4 is 16.4 Å². The summed E-state index contributed by atoms with van der Waals surface area (Å²) in [5.41, 5.74) is 5.09. The highest BCUT2D eigenvalue weighted by molar-refractivity contribution is 5.92. The molecule has 0 bridgehead atoms. The minimum Gasteiger partial charge on any atom is -0.383 e. The molecule has 0 saturated heterocycles. The molecule has 1 saturated carbocycles. The van der Waals surface area contributed by atoms with Gasteiger partial charge in [0.15, 0.2) is 0 Å². The fraction of sp³-hybridized carbons (Fsp3) is 0.818. The lowest BCUT2D eigenvalue weighted by atomic mass is 9.77. The van der Waals surface area contributed by atoms with Gasteiger partial charge in [-0.15, -0.1) is 0 Å². The van der Waals surface area contributed by atoms with E-state index < -0.39 is 11.6 Å². The van der Waals surface area contributed by atoms with Crippen molar-refractivity contribution in [1.82, 2.24) is 10.6 Å². The lowest BCUT2D eigenvalue weighted by molar-refractivity contribution is -0.133. The molecule has 1 fully saturated rings. The van der Waals surface area contributed by atoms with Crippen LogP contribution in [-0.2, 0) is 14.3 Å². The highest BCUT2D eigenvalue weighted by Crippen LogP contribution is 2.29. The van der Waals surface area contributed by atoms with Gasteiger partial charge in [-0.05, 0) is 26.2 Å². The minimum atomic E-state index is -0.763. The Labute approximate surface area is 101 Å². The molecular formula is C11H21N3O3. The smallest absolute Gasteiger partial charge is 0.242 e. The Morgan fingerprint density at radius 1 is 1.47 bits per heavy atom. The average molecular weight is 243 g/mol. The second kappa shape index (κ2) is 5.97. The number of nitrogens with one attached hydrogen (secondary N) is 2. The van der Waals surface area contributed by atoms with Gasteiger partial charge >= 0.3 is 0 Å². The van der Waals surface area contributed by atoms with Crippen LogP contribution in [0, 0.1) is 0 Å². The summed E-state index contributed by atoms with van der Waals surface area (Å²) in [4.78, 5) is 23.3. The van der Waals surface area contributed by atoms with Crippen LogP contribution in [0.25, 0.3) is 0 Å². The number of amides is 2. The van der Waals surface area contributed by atoms with Crippen LogP contribution in [0.3, 0.4) is 0 Å². The highest BCUT2D eigenvalue weighted by Gasteiger charge is 2.40. The van der Waals surface area contributed by atoms with Gasteiger partial charge in [0.2, 0.25) is 11.8 Å². The van der Waals surface area contributed by atoms with Crippen molar-refractivity contribution in [3.05, 3.63) is 0 Å². The molecule has 1 atom stereocenters. The van der Waals surface area contributed by atoms with Crippen molar-refractivity contribution in [1.29, 1.82) is 0 Å². The maximum atomic E-state index is 11.8. The molecule has 17 heavy (non-hydrogen) atoms. The van der Waals surface area contributed by atoms with Crippen LogP contribution in [0.4, 0.5) is 0 Å². The van der Waals surface area contributed by atoms with Crippen LogP contribution in [-0.4, -0.2) is 43.7 Å². The maximum Gasteiger partial charge on any atom is 0.242 e. The van der Waals surface area contributed by atoms with E-state index in [-0.39, 0.29) is 11.8 Å². The second-order valence-corrected chi connectivity index (χ2v) is 4.49. The summed E-state index contributed by atoms with van der Waals surface area (Å²) in [6, 6.07) is -0.569. The summed E-state index contributed by atoms with van der Waals surface area (Å²) in [7, 11) is 1.56. The van der Waals surface area contributed by atoms with Gasteiger partial charge in [0.05, 0.1) is 12.1 Å². The van der Waals surface area contributed by atoms with E-state index in [4.69, 9.17) is 10.5 Å². The van der Waals surface area contributed by atoms with Crippen molar-refractivity contribution in [3.8, 4) is 0 Å². The van der Waals surface area contributed by atoms with Gasteiger partial charge in [-0.1, -0.05) is 0 Å². The van der Waals surface area contributed by atoms with Gasteiger partial charge in [0.25, 0.3) is 0 Å². The Hall–Kier alpha value is -1.14. The molecule has 6 nitrogen and oxygen atoms in total. The molecule has 6 heteroatoms. The SMILES string of the molecule is COCCNC(=O)C(C)NC(=O)C1(N)CCC1. The number of hydrogen-bond donors (Lipinski definition) is 3. The number of hydrogen-bond acceptors (Lipinski definition) is 4. The van der Waals surface area contributed by atoms with E-state index in [1.807, 2.05) is 0 Å². The Bertz CT molecular complexity index is 290. The molecule has 0 aliphatic heterocycles.